The van der Waals surface area contributed by atoms with Crippen LogP contribution in [-0.4, -0.2) is 28.6 Å². The monoisotopic (exact) mass is 285 g/mol. The molecule has 5 heteroatoms. The quantitative estimate of drug-likeness (QED) is 0.877. The highest BCUT2D eigenvalue weighted by atomic mass is 16.5. The molecule has 2 aromatic rings. The molecule has 1 aromatic carbocycles. The number of aromatic nitrogens is 2. The molecule has 0 spiro atoms. The Labute approximate surface area is 123 Å². The molecule has 0 amide bonds. The second-order valence-corrected chi connectivity index (χ2v) is 5.40. The number of methoxy groups -OCH3 is 1. The van der Waals surface area contributed by atoms with Crippen molar-refractivity contribution in [3.05, 3.63) is 45.9 Å². The lowest BCUT2D eigenvalue weighted by Gasteiger charge is -2.03. The summed E-state index contributed by atoms with van der Waals surface area (Å²) in [6.45, 7) is 3.82. The average molecular weight is 285 g/mol. The molecule has 1 heterocycles. The van der Waals surface area contributed by atoms with Gasteiger partial charge in [-0.1, -0.05) is 0 Å². The minimum atomic E-state index is -0.0560. The summed E-state index contributed by atoms with van der Waals surface area (Å²) in [5, 5.41) is 3.12. The first-order valence-electron chi connectivity index (χ1n) is 7.11. The fourth-order valence-corrected chi connectivity index (χ4v) is 2.43. The Hall–Kier alpha value is -2.30. The molecule has 21 heavy (non-hydrogen) atoms. The zero-order valence-electron chi connectivity index (χ0n) is 12.5. The third-order valence-corrected chi connectivity index (χ3v) is 3.69. The predicted octanol–water partition coefficient (Wildman–Crippen LogP) is 2.45. The molecule has 0 unspecified atom stereocenters. The van der Waals surface area contributed by atoms with Crippen molar-refractivity contribution in [3.63, 3.8) is 0 Å². The lowest BCUT2D eigenvalue weighted by molar-refractivity contribution is 0.414. The Morgan fingerprint density at radius 3 is 2.57 bits per heavy atom. The van der Waals surface area contributed by atoms with Gasteiger partial charge in [0, 0.05) is 11.4 Å². The number of nitrogens with one attached hydrogen (secondary N) is 1. The summed E-state index contributed by atoms with van der Waals surface area (Å²) in [7, 11) is 1.62. The van der Waals surface area contributed by atoms with Gasteiger partial charge in [0.05, 0.1) is 24.4 Å². The summed E-state index contributed by atoms with van der Waals surface area (Å²) in [4.78, 5) is 17.2. The molecule has 1 aromatic heterocycles. The maximum atomic E-state index is 12.6. The van der Waals surface area contributed by atoms with E-state index in [2.05, 4.69) is 10.1 Å². The summed E-state index contributed by atoms with van der Waals surface area (Å²) in [6.07, 6.45) is 2.26. The van der Waals surface area contributed by atoms with Gasteiger partial charge in [-0.2, -0.15) is 0 Å². The van der Waals surface area contributed by atoms with Crippen LogP contribution in [0.1, 0.15) is 31.0 Å². The van der Waals surface area contributed by atoms with Gasteiger partial charge in [-0.15, -0.1) is 0 Å². The minimum Gasteiger partial charge on any atom is -0.497 e. The molecule has 1 fully saturated rings. The molecule has 0 atom stereocenters. The highest BCUT2D eigenvalue weighted by Gasteiger charge is 2.22. The van der Waals surface area contributed by atoms with Gasteiger partial charge in [-0.3, -0.25) is 14.9 Å². The fraction of sp³-hybridized carbons (Fsp3) is 0.375. The van der Waals surface area contributed by atoms with Crippen LogP contribution in [0.2, 0.25) is 0 Å². The smallest absolute Gasteiger partial charge is 0.280 e. The lowest BCUT2D eigenvalue weighted by Crippen LogP contribution is -2.19. The van der Waals surface area contributed by atoms with Gasteiger partial charge >= 0.3 is 0 Å². The van der Waals surface area contributed by atoms with Gasteiger partial charge in [0.2, 0.25) is 0 Å². The summed E-state index contributed by atoms with van der Waals surface area (Å²) in [5.41, 5.74) is 3.08. The summed E-state index contributed by atoms with van der Waals surface area (Å²) < 4.78 is 6.69. The molecule has 3 rings (SSSR count). The van der Waals surface area contributed by atoms with Crippen molar-refractivity contribution in [2.45, 2.75) is 32.7 Å². The van der Waals surface area contributed by atoms with Crippen molar-refractivity contribution in [2.75, 3.05) is 7.11 Å². The Morgan fingerprint density at radius 1 is 1.33 bits per heavy atom. The van der Waals surface area contributed by atoms with Gasteiger partial charge in [-0.25, -0.2) is 4.68 Å². The molecule has 1 N–H and O–H groups in total. The van der Waals surface area contributed by atoms with Crippen molar-refractivity contribution in [2.24, 2.45) is 4.99 Å². The first-order valence-corrected chi connectivity index (χ1v) is 7.11. The van der Waals surface area contributed by atoms with Crippen LogP contribution in [-0.2, 0) is 0 Å². The van der Waals surface area contributed by atoms with E-state index in [9.17, 15) is 4.79 Å². The van der Waals surface area contributed by atoms with Crippen molar-refractivity contribution in [1.82, 2.24) is 9.78 Å². The number of hydrogen-bond acceptors (Lipinski definition) is 3. The topological polar surface area (TPSA) is 59.4 Å². The number of nitrogens with zero attached hydrogens (tertiary/aromatic N) is 2. The van der Waals surface area contributed by atoms with E-state index >= 15 is 0 Å². The molecule has 1 saturated carbocycles. The van der Waals surface area contributed by atoms with Crippen molar-refractivity contribution in [1.29, 1.82) is 0 Å². The Bertz CT molecular complexity index is 734. The van der Waals surface area contributed by atoms with Crippen LogP contribution < -0.4 is 10.3 Å². The maximum Gasteiger partial charge on any atom is 0.280 e. The highest BCUT2D eigenvalue weighted by Crippen LogP contribution is 2.24. The summed E-state index contributed by atoms with van der Waals surface area (Å²) >= 11 is 0. The van der Waals surface area contributed by atoms with Crippen LogP contribution in [0, 0.1) is 6.92 Å². The van der Waals surface area contributed by atoms with Crippen LogP contribution in [0.3, 0.4) is 0 Å². The summed E-state index contributed by atoms with van der Waals surface area (Å²) in [5.74, 6) is 0.766. The molecular formula is C16H19N3O2. The maximum absolute atomic E-state index is 12.6. The van der Waals surface area contributed by atoms with E-state index in [0.717, 1.165) is 35.7 Å². The van der Waals surface area contributed by atoms with E-state index in [1.165, 1.54) is 0 Å². The molecule has 0 radical (unpaired) electrons. The molecule has 0 aliphatic heterocycles. The van der Waals surface area contributed by atoms with E-state index < -0.39 is 0 Å². The minimum absolute atomic E-state index is 0.0560. The van der Waals surface area contributed by atoms with E-state index in [4.69, 9.17) is 4.74 Å². The lowest BCUT2D eigenvalue weighted by atomic mass is 10.2. The van der Waals surface area contributed by atoms with Gasteiger partial charge in [0.1, 0.15) is 5.75 Å². The summed E-state index contributed by atoms with van der Waals surface area (Å²) in [6, 6.07) is 7.79. The third-order valence-electron chi connectivity index (χ3n) is 3.69. The van der Waals surface area contributed by atoms with Crippen molar-refractivity contribution < 1.29 is 4.74 Å². The number of hydrogen-bond donors (Lipinski definition) is 1. The van der Waals surface area contributed by atoms with Crippen LogP contribution in [0.25, 0.3) is 5.69 Å². The Morgan fingerprint density at radius 2 is 2.00 bits per heavy atom. The van der Waals surface area contributed by atoms with Gasteiger partial charge in [-0.05, 0) is 51.0 Å². The first-order chi connectivity index (χ1) is 10.1. The van der Waals surface area contributed by atoms with Gasteiger partial charge in [0.25, 0.3) is 5.56 Å². The molecule has 1 aliphatic rings. The molecular weight excluding hydrogens is 266 g/mol. The SMILES string of the molecule is COc1ccc(-n2[nH]c(C)c(C(C)=NC3CC3)c2=O)cc1. The number of ether oxygens (including phenoxy) is 1. The van der Waals surface area contributed by atoms with Crippen LogP contribution in [0.15, 0.2) is 34.1 Å². The number of aliphatic imine (C=N–C) groups is 1. The van der Waals surface area contributed by atoms with E-state index in [-0.39, 0.29) is 5.56 Å². The third kappa shape index (κ3) is 2.63. The van der Waals surface area contributed by atoms with Gasteiger partial charge < -0.3 is 4.74 Å². The van der Waals surface area contributed by atoms with E-state index in [1.807, 2.05) is 38.1 Å². The molecule has 0 bridgehead atoms. The Balaban J connectivity index is 2.02. The number of aryl methyl sites for hydroxylation is 1. The van der Waals surface area contributed by atoms with Crippen LogP contribution >= 0.6 is 0 Å². The number of H-pyrrole nitrogens is 1. The number of rotatable bonds is 4. The van der Waals surface area contributed by atoms with Gasteiger partial charge in [0.15, 0.2) is 0 Å². The van der Waals surface area contributed by atoms with Crippen LogP contribution in [0.5, 0.6) is 5.75 Å². The zero-order valence-corrected chi connectivity index (χ0v) is 12.5. The van der Waals surface area contributed by atoms with E-state index in [0.29, 0.717) is 11.6 Å². The molecule has 1 aliphatic carbocycles. The molecule has 0 saturated heterocycles. The normalized spacial score (nSPS) is 15.3. The number of aromatic amines is 1. The fourth-order valence-electron chi connectivity index (χ4n) is 2.43. The average Bonchev–Trinajstić information content (AvgIpc) is 3.23. The first kappa shape index (κ1) is 13.7. The second-order valence-electron chi connectivity index (χ2n) is 5.40. The largest absolute Gasteiger partial charge is 0.497 e. The second kappa shape index (κ2) is 5.24. The highest BCUT2D eigenvalue weighted by molar-refractivity contribution is 5.99. The standard InChI is InChI=1S/C16H19N3O2/c1-10(17-12-4-5-12)15-11(2)18-19(16(15)20)13-6-8-14(21-3)9-7-13/h6-9,12,18H,4-5H2,1-3H3. The number of benzene rings is 1. The van der Waals surface area contributed by atoms with Crippen molar-refractivity contribution >= 4 is 5.71 Å². The zero-order chi connectivity index (χ0) is 15.0. The predicted molar refractivity (Wildman–Crippen MR) is 82.9 cm³/mol. The van der Waals surface area contributed by atoms with Crippen molar-refractivity contribution in [3.8, 4) is 11.4 Å². The van der Waals surface area contributed by atoms with Crippen LogP contribution in [0.4, 0.5) is 0 Å². The van der Waals surface area contributed by atoms with E-state index in [1.54, 1.807) is 11.8 Å². The molecule has 110 valence electrons. The molecule has 5 nitrogen and oxygen atoms in total. The Kier molecular flexibility index (Phi) is 3.41.